The average molecular weight is 112 g/mol. The summed E-state index contributed by atoms with van der Waals surface area (Å²) in [6, 6.07) is 0. The highest BCUT2D eigenvalue weighted by molar-refractivity contribution is 4.36. The van der Waals surface area contributed by atoms with Gasteiger partial charge in [0.2, 0.25) is 0 Å². The molecule has 0 fully saturated rings. The van der Waals surface area contributed by atoms with Gasteiger partial charge in [0.25, 0.3) is 0 Å². The van der Waals surface area contributed by atoms with E-state index in [-0.39, 0.29) is 0 Å². The molecule has 0 radical (unpaired) electrons. The second-order valence-electron chi connectivity index (χ2n) is 1.53. The first kappa shape index (κ1) is 5.21. The molecule has 4 nitrogen and oxygen atoms in total. The van der Waals surface area contributed by atoms with Crippen molar-refractivity contribution in [1.29, 1.82) is 0 Å². The number of nitrogens with zero attached hydrogens (tertiary/aromatic N) is 4. The van der Waals surface area contributed by atoms with Crippen molar-refractivity contribution in [1.82, 2.24) is 20.2 Å². The lowest BCUT2D eigenvalue weighted by Gasteiger charge is -1.88. The van der Waals surface area contributed by atoms with Crippen LogP contribution in [-0.2, 0) is 6.54 Å². The van der Waals surface area contributed by atoms with Crippen LogP contribution < -0.4 is 0 Å². The molecule has 0 aromatic carbocycles. The van der Waals surface area contributed by atoms with Crippen molar-refractivity contribution in [2.75, 3.05) is 0 Å². The molecule has 0 aliphatic rings. The fourth-order valence-electron chi connectivity index (χ4n) is 0.491. The Bertz CT molecular complexity index is 134. The van der Waals surface area contributed by atoms with Crippen LogP contribution in [0.15, 0.2) is 6.33 Å². The van der Waals surface area contributed by atoms with Crippen molar-refractivity contribution in [3.8, 4) is 0 Å². The number of tetrazole rings is 1. The van der Waals surface area contributed by atoms with E-state index in [1.165, 1.54) is 6.33 Å². The van der Waals surface area contributed by atoms with Crippen LogP contribution >= 0.6 is 0 Å². The second kappa shape index (κ2) is 2.40. The summed E-state index contributed by atoms with van der Waals surface area (Å²) in [5.41, 5.74) is 0. The van der Waals surface area contributed by atoms with Gasteiger partial charge in [-0.2, -0.15) is 4.80 Å². The zero-order valence-electron chi connectivity index (χ0n) is 4.78. The maximum atomic E-state index is 3.80. The van der Waals surface area contributed by atoms with Gasteiger partial charge < -0.3 is 0 Å². The molecule has 0 amide bonds. The Kier molecular flexibility index (Phi) is 1.56. The minimum atomic E-state index is 0.861. The summed E-state index contributed by atoms with van der Waals surface area (Å²) in [5.74, 6) is 0. The SMILES string of the molecule is CCCn1ncnn1. The Morgan fingerprint density at radius 3 is 3.00 bits per heavy atom. The van der Waals surface area contributed by atoms with Gasteiger partial charge in [-0.05, 0) is 11.6 Å². The summed E-state index contributed by atoms with van der Waals surface area (Å²) < 4.78 is 0. The molecular formula is C4H8N4. The average Bonchev–Trinajstić information content (AvgIpc) is 2.19. The largest absolute Gasteiger partial charge is 0.165 e. The summed E-state index contributed by atoms with van der Waals surface area (Å²) in [6.07, 6.45) is 2.49. The van der Waals surface area contributed by atoms with Crippen LogP contribution in [0.5, 0.6) is 0 Å². The van der Waals surface area contributed by atoms with E-state index >= 15 is 0 Å². The summed E-state index contributed by atoms with van der Waals surface area (Å²) in [5, 5.41) is 11.0. The molecule has 0 saturated carbocycles. The van der Waals surface area contributed by atoms with E-state index in [1.807, 2.05) is 0 Å². The molecule has 8 heavy (non-hydrogen) atoms. The minimum Gasteiger partial charge on any atom is -0.165 e. The third-order valence-corrected chi connectivity index (χ3v) is 0.815. The lowest BCUT2D eigenvalue weighted by atomic mass is 10.5. The van der Waals surface area contributed by atoms with Crippen LogP contribution in [0.4, 0.5) is 0 Å². The lowest BCUT2D eigenvalue weighted by Crippen LogP contribution is -2.00. The van der Waals surface area contributed by atoms with E-state index in [0.29, 0.717) is 0 Å². The third kappa shape index (κ3) is 1.02. The van der Waals surface area contributed by atoms with E-state index in [1.54, 1.807) is 4.80 Å². The second-order valence-corrected chi connectivity index (χ2v) is 1.53. The predicted molar refractivity (Wildman–Crippen MR) is 28.1 cm³/mol. The van der Waals surface area contributed by atoms with Crippen LogP contribution in [0.3, 0.4) is 0 Å². The lowest BCUT2D eigenvalue weighted by molar-refractivity contribution is 0.514. The highest BCUT2D eigenvalue weighted by Crippen LogP contribution is 1.78. The topological polar surface area (TPSA) is 43.6 Å². The van der Waals surface area contributed by atoms with Crippen LogP contribution in [-0.4, -0.2) is 20.2 Å². The van der Waals surface area contributed by atoms with Gasteiger partial charge in [0.15, 0.2) is 6.33 Å². The molecular weight excluding hydrogens is 104 g/mol. The van der Waals surface area contributed by atoms with Gasteiger partial charge in [0, 0.05) is 0 Å². The fraction of sp³-hybridized carbons (Fsp3) is 0.750. The van der Waals surface area contributed by atoms with E-state index in [9.17, 15) is 0 Å². The van der Waals surface area contributed by atoms with Crippen LogP contribution in [0.2, 0.25) is 0 Å². The molecule has 0 unspecified atom stereocenters. The molecule has 1 rings (SSSR count). The van der Waals surface area contributed by atoms with Crippen molar-refractivity contribution < 1.29 is 0 Å². The first-order chi connectivity index (χ1) is 3.93. The maximum absolute atomic E-state index is 3.80. The van der Waals surface area contributed by atoms with Crippen LogP contribution in [0.1, 0.15) is 13.3 Å². The van der Waals surface area contributed by atoms with Crippen molar-refractivity contribution in [3.05, 3.63) is 6.33 Å². The van der Waals surface area contributed by atoms with Crippen LogP contribution in [0.25, 0.3) is 0 Å². The number of hydrogen-bond acceptors (Lipinski definition) is 3. The van der Waals surface area contributed by atoms with E-state index < -0.39 is 0 Å². The number of rotatable bonds is 2. The summed E-state index contributed by atoms with van der Waals surface area (Å²) >= 11 is 0. The molecule has 0 atom stereocenters. The number of aryl methyl sites for hydroxylation is 1. The highest BCUT2D eigenvalue weighted by atomic mass is 15.6. The van der Waals surface area contributed by atoms with Crippen molar-refractivity contribution >= 4 is 0 Å². The fourth-order valence-corrected chi connectivity index (χ4v) is 0.491. The van der Waals surface area contributed by atoms with Crippen molar-refractivity contribution in [2.24, 2.45) is 0 Å². The molecule has 1 aromatic heterocycles. The molecule has 4 heteroatoms. The van der Waals surface area contributed by atoms with E-state index in [4.69, 9.17) is 0 Å². The Balaban J connectivity index is 2.50. The number of hydrogen-bond donors (Lipinski definition) is 0. The smallest absolute Gasteiger partial charge is 0.162 e. The normalized spacial score (nSPS) is 9.62. The van der Waals surface area contributed by atoms with Gasteiger partial charge in [-0.3, -0.25) is 0 Å². The van der Waals surface area contributed by atoms with Gasteiger partial charge in [-0.25, -0.2) is 0 Å². The zero-order chi connectivity index (χ0) is 5.82. The van der Waals surface area contributed by atoms with Gasteiger partial charge in [0.05, 0.1) is 6.54 Å². The van der Waals surface area contributed by atoms with Crippen molar-refractivity contribution in [2.45, 2.75) is 19.9 Å². The van der Waals surface area contributed by atoms with E-state index in [2.05, 4.69) is 22.3 Å². The molecule has 1 heterocycles. The number of aromatic nitrogens is 4. The standard InChI is InChI=1S/C4H8N4/c1-2-3-8-6-4-5-7-8/h4H,2-3H2,1H3. The highest BCUT2D eigenvalue weighted by Gasteiger charge is 1.85. The zero-order valence-corrected chi connectivity index (χ0v) is 4.78. The predicted octanol–water partition coefficient (Wildman–Crippen LogP) is 0.0831. The molecule has 0 saturated heterocycles. The maximum Gasteiger partial charge on any atom is 0.162 e. The summed E-state index contributed by atoms with van der Waals surface area (Å²) in [7, 11) is 0. The minimum absolute atomic E-state index is 0.861. The van der Waals surface area contributed by atoms with Gasteiger partial charge in [0.1, 0.15) is 0 Å². The van der Waals surface area contributed by atoms with Gasteiger partial charge in [-0.15, -0.1) is 10.2 Å². The molecule has 0 N–H and O–H groups in total. The Morgan fingerprint density at radius 1 is 1.62 bits per heavy atom. The monoisotopic (exact) mass is 112 g/mol. The molecule has 0 spiro atoms. The molecule has 0 bridgehead atoms. The quantitative estimate of drug-likeness (QED) is 0.544. The first-order valence-electron chi connectivity index (χ1n) is 2.64. The molecule has 44 valence electrons. The first-order valence-corrected chi connectivity index (χ1v) is 2.64. The molecule has 0 aliphatic carbocycles. The Hall–Kier alpha value is -0.930. The molecule has 1 aromatic rings. The van der Waals surface area contributed by atoms with Crippen LogP contribution in [0, 0.1) is 0 Å². The Labute approximate surface area is 47.5 Å². The third-order valence-electron chi connectivity index (χ3n) is 0.815. The van der Waals surface area contributed by atoms with Gasteiger partial charge >= 0.3 is 0 Å². The summed E-state index contributed by atoms with van der Waals surface area (Å²) in [4.78, 5) is 1.57. The van der Waals surface area contributed by atoms with E-state index in [0.717, 1.165) is 13.0 Å². The summed E-state index contributed by atoms with van der Waals surface area (Å²) in [6.45, 7) is 2.93. The van der Waals surface area contributed by atoms with Crippen molar-refractivity contribution in [3.63, 3.8) is 0 Å². The molecule has 0 aliphatic heterocycles. The Morgan fingerprint density at radius 2 is 2.50 bits per heavy atom. The van der Waals surface area contributed by atoms with Gasteiger partial charge in [-0.1, -0.05) is 6.92 Å².